The number of hydrogen-bond acceptors (Lipinski definition) is 5. The normalized spacial score (nSPS) is 18.4. The highest BCUT2D eigenvalue weighted by Gasteiger charge is 2.34. The van der Waals surface area contributed by atoms with Crippen LogP contribution in [0.2, 0.25) is 0 Å². The first-order valence-electron chi connectivity index (χ1n) is 11.6. The van der Waals surface area contributed by atoms with Crippen LogP contribution in [0.15, 0.2) is 48.5 Å². The lowest BCUT2D eigenvalue weighted by molar-refractivity contribution is -0.145. The number of carboxylic acid groups (broad SMARTS) is 1. The Balaban J connectivity index is 1.23. The molecule has 2 amide bonds. The van der Waals surface area contributed by atoms with Crippen molar-refractivity contribution in [3.8, 4) is 11.1 Å². The van der Waals surface area contributed by atoms with Crippen molar-refractivity contribution in [1.82, 2.24) is 10.2 Å². The quantitative estimate of drug-likeness (QED) is 0.557. The molecule has 8 nitrogen and oxygen atoms in total. The van der Waals surface area contributed by atoms with Crippen LogP contribution >= 0.6 is 0 Å². The van der Waals surface area contributed by atoms with Crippen LogP contribution in [0.25, 0.3) is 11.1 Å². The smallest absolute Gasteiger partial charge is 0.407 e. The van der Waals surface area contributed by atoms with Crippen molar-refractivity contribution in [2.75, 3.05) is 33.4 Å². The van der Waals surface area contributed by atoms with Gasteiger partial charge in [-0.05, 0) is 41.0 Å². The van der Waals surface area contributed by atoms with Crippen LogP contribution < -0.4 is 5.32 Å². The molecule has 2 aliphatic carbocycles. The summed E-state index contributed by atoms with van der Waals surface area (Å²) in [6.07, 6.45) is 1.14. The molecule has 8 heteroatoms. The highest BCUT2D eigenvalue weighted by Crippen LogP contribution is 2.44. The van der Waals surface area contributed by atoms with Gasteiger partial charge in [0.25, 0.3) is 0 Å². The Morgan fingerprint density at radius 2 is 1.65 bits per heavy atom. The maximum atomic E-state index is 12.5. The molecule has 1 fully saturated rings. The molecule has 0 unspecified atom stereocenters. The molecule has 34 heavy (non-hydrogen) atoms. The lowest BCUT2D eigenvalue weighted by Gasteiger charge is -2.36. The van der Waals surface area contributed by atoms with Gasteiger partial charge in [0, 0.05) is 32.0 Å². The van der Waals surface area contributed by atoms with E-state index >= 15 is 0 Å². The Morgan fingerprint density at radius 1 is 1.03 bits per heavy atom. The van der Waals surface area contributed by atoms with E-state index in [1.165, 1.54) is 23.1 Å². The summed E-state index contributed by atoms with van der Waals surface area (Å²) in [6, 6.07) is 16.3. The Hall–Kier alpha value is -3.39. The van der Waals surface area contributed by atoms with E-state index in [4.69, 9.17) is 14.6 Å². The molecule has 0 heterocycles. The number of aliphatic carboxylic acids is 1. The largest absolute Gasteiger partial charge is 0.480 e. The number of methoxy groups -OCH3 is 1. The van der Waals surface area contributed by atoms with Gasteiger partial charge in [0.05, 0.1) is 6.61 Å². The third-order valence-electron chi connectivity index (χ3n) is 6.61. The van der Waals surface area contributed by atoms with Gasteiger partial charge in [0.1, 0.15) is 13.2 Å². The molecule has 2 N–H and O–H groups in total. The van der Waals surface area contributed by atoms with Crippen molar-refractivity contribution in [1.29, 1.82) is 0 Å². The summed E-state index contributed by atoms with van der Waals surface area (Å²) < 4.78 is 10.5. The minimum Gasteiger partial charge on any atom is -0.480 e. The van der Waals surface area contributed by atoms with Gasteiger partial charge in [0.15, 0.2) is 0 Å². The summed E-state index contributed by atoms with van der Waals surface area (Å²) in [6.45, 7) is 0.458. The summed E-state index contributed by atoms with van der Waals surface area (Å²) in [7, 11) is 1.51. The molecule has 0 saturated heterocycles. The van der Waals surface area contributed by atoms with E-state index in [1.807, 2.05) is 24.3 Å². The second-order valence-electron chi connectivity index (χ2n) is 8.91. The lowest BCUT2D eigenvalue weighted by Crippen LogP contribution is -2.47. The molecule has 2 aromatic carbocycles. The first-order valence-corrected chi connectivity index (χ1v) is 11.6. The minimum atomic E-state index is -1.05. The Labute approximate surface area is 198 Å². The molecule has 2 aliphatic rings. The molecular weight excluding hydrogens is 436 g/mol. The molecule has 4 rings (SSSR count). The van der Waals surface area contributed by atoms with Crippen molar-refractivity contribution >= 4 is 18.0 Å². The van der Waals surface area contributed by atoms with E-state index in [-0.39, 0.29) is 56.5 Å². The number of alkyl carbamates (subject to hydrolysis) is 1. The Kier molecular flexibility index (Phi) is 7.47. The molecule has 0 aromatic heterocycles. The number of carbonyl (C=O) groups excluding carboxylic acids is 2. The Morgan fingerprint density at radius 3 is 2.24 bits per heavy atom. The third kappa shape index (κ3) is 5.39. The number of rotatable bonds is 10. The highest BCUT2D eigenvalue weighted by atomic mass is 16.5. The van der Waals surface area contributed by atoms with E-state index in [2.05, 4.69) is 29.6 Å². The predicted molar refractivity (Wildman–Crippen MR) is 125 cm³/mol. The standard InChI is InChI=1S/C26H30N2O6/c1-33-11-10-28(15-25(30)31)24(29)14-17-12-18(13-17)27-26(32)34-16-23-21-8-4-2-6-19(21)20-7-3-5-9-22(20)23/h2-9,17-18,23H,10-16H2,1H3,(H,27,32)(H,30,31). The van der Waals surface area contributed by atoms with Gasteiger partial charge < -0.3 is 24.8 Å². The average Bonchev–Trinajstić information content (AvgIpc) is 3.12. The van der Waals surface area contributed by atoms with Crippen LogP contribution in [0.3, 0.4) is 0 Å². The van der Waals surface area contributed by atoms with Crippen LogP contribution in [0.4, 0.5) is 4.79 Å². The van der Waals surface area contributed by atoms with Gasteiger partial charge >= 0.3 is 12.1 Å². The molecule has 0 aliphatic heterocycles. The molecule has 0 atom stereocenters. The van der Waals surface area contributed by atoms with Crippen molar-refractivity contribution < 1.29 is 29.0 Å². The van der Waals surface area contributed by atoms with Crippen LogP contribution in [0, 0.1) is 5.92 Å². The van der Waals surface area contributed by atoms with Crippen LogP contribution in [0.5, 0.6) is 0 Å². The number of nitrogens with zero attached hydrogens (tertiary/aromatic N) is 1. The zero-order valence-electron chi connectivity index (χ0n) is 19.2. The third-order valence-corrected chi connectivity index (χ3v) is 6.61. The maximum absolute atomic E-state index is 12.5. The van der Waals surface area contributed by atoms with E-state index in [1.54, 1.807) is 0 Å². The zero-order valence-corrected chi connectivity index (χ0v) is 19.2. The number of carbonyl (C=O) groups is 3. The van der Waals surface area contributed by atoms with Crippen molar-refractivity contribution in [3.63, 3.8) is 0 Å². The van der Waals surface area contributed by atoms with E-state index < -0.39 is 12.1 Å². The molecule has 180 valence electrons. The van der Waals surface area contributed by atoms with Crippen LogP contribution in [-0.4, -0.2) is 67.4 Å². The van der Waals surface area contributed by atoms with Gasteiger partial charge in [-0.2, -0.15) is 0 Å². The molecule has 0 spiro atoms. The van der Waals surface area contributed by atoms with E-state index in [9.17, 15) is 14.4 Å². The number of hydrogen-bond donors (Lipinski definition) is 2. The highest BCUT2D eigenvalue weighted by molar-refractivity contribution is 5.82. The van der Waals surface area contributed by atoms with E-state index in [0.717, 1.165) is 11.1 Å². The summed E-state index contributed by atoms with van der Waals surface area (Å²) in [5.41, 5.74) is 4.69. The van der Waals surface area contributed by atoms with Gasteiger partial charge in [-0.3, -0.25) is 9.59 Å². The molecule has 0 radical (unpaired) electrons. The zero-order chi connectivity index (χ0) is 24.1. The number of ether oxygens (including phenoxy) is 2. The van der Waals surface area contributed by atoms with E-state index in [0.29, 0.717) is 12.8 Å². The number of carboxylic acids is 1. The summed E-state index contributed by atoms with van der Waals surface area (Å²) in [5.74, 6) is -1.13. The first kappa shape index (κ1) is 23.8. The fourth-order valence-electron chi connectivity index (χ4n) is 4.86. The van der Waals surface area contributed by atoms with Crippen molar-refractivity contribution in [2.24, 2.45) is 5.92 Å². The van der Waals surface area contributed by atoms with Crippen molar-refractivity contribution in [2.45, 2.75) is 31.2 Å². The lowest BCUT2D eigenvalue weighted by atomic mass is 9.78. The molecule has 2 aromatic rings. The van der Waals surface area contributed by atoms with Gasteiger partial charge in [-0.25, -0.2) is 4.79 Å². The first-order chi connectivity index (χ1) is 16.5. The monoisotopic (exact) mass is 466 g/mol. The van der Waals surface area contributed by atoms with Gasteiger partial charge in [-0.1, -0.05) is 48.5 Å². The van der Waals surface area contributed by atoms with Crippen LogP contribution in [-0.2, 0) is 19.1 Å². The second kappa shape index (κ2) is 10.7. The summed E-state index contributed by atoms with van der Waals surface area (Å²) >= 11 is 0. The fraction of sp³-hybridized carbons (Fsp3) is 0.423. The van der Waals surface area contributed by atoms with Crippen LogP contribution in [0.1, 0.15) is 36.3 Å². The van der Waals surface area contributed by atoms with Gasteiger partial charge in [0.2, 0.25) is 5.91 Å². The summed E-state index contributed by atoms with van der Waals surface area (Å²) in [4.78, 5) is 37.2. The number of amides is 2. The topological polar surface area (TPSA) is 105 Å². The SMILES string of the molecule is COCCN(CC(=O)O)C(=O)CC1CC(NC(=O)OCC2c3ccccc3-c3ccccc32)C1. The average molecular weight is 467 g/mol. The molecule has 1 saturated carbocycles. The predicted octanol–water partition coefficient (Wildman–Crippen LogP) is 3.25. The number of fused-ring (bicyclic) bond motifs is 3. The maximum Gasteiger partial charge on any atom is 0.407 e. The Bertz CT molecular complexity index is 1000. The molecular formula is C26H30N2O6. The second-order valence-corrected chi connectivity index (χ2v) is 8.91. The number of benzene rings is 2. The number of nitrogens with one attached hydrogen (secondary N) is 1. The minimum absolute atomic E-state index is 0.0113. The molecule has 0 bridgehead atoms. The fourth-order valence-corrected chi connectivity index (χ4v) is 4.86. The van der Waals surface area contributed by atoms with Gasteiger partial charge in [-0.15, -0.1) is 0 Å². The summed E-state index contributed by atoms with van der Waals surface area (Å²) in [5, 5.41) is 11.9. The van der Waals surface area contributed by atoms with Crippen molar-refractivity contribution in [3.05, 3.63) is 59.7 Å².